The summed E-state index contributed by atoms with van der Waals surface area (Å²) in [5.41, 5.74) is 10.5. The van der Waals surface area contributed by atoms with Gasteiger partial charge in [0.1, 0.15) is 5.75 Å². The molecule has 2 aromatic carbocycles. The van der Waals surface area contributed by atoms with Crippen LogP contribution in [0.3, 0.4) is 0 Å². The lowest BCUT2D eigenvalue weighted by Gasteiger charge is -2.37. The Morgan fingerprint density at radius 2 is 1.83 bits per heavy atom. The first kappa shape index (κ1) is 17.0. The van der Waals surface area contributed by atoms with Crippen LogP contribution in [-0.2, 0) is 6.54 Å². The van der Waals surface area contributed by atoms with Gasteiger partial charge < -0.3 is 10.5 Å². The molecule has 0 spiro atoms. The maximum Gasteiger partial charge on any atom is 0.119 e. The van der Waals surface area contributed by atoms with Crippen molar-refractivity contribution in [1.29, 1.82) is 0 Å². The van der Waals surface area contributed by atoms with E-state index in [0.717, 1.165) is 31.8 Å². The summed E-state index contributed by atoms with van der Waals surface area (Å²) in [5, 5.41) is 0. The Labute approximate surface area is 145 Å². The second kappa shape index (κ2) is 7.82. The molecular weight excluding hydrogens is 296 g/mol. The van der Waals surface area contributed by atoms with Gasteiger partial charge in [0.2, 0.25) is 0 Å². The van der Waals surface area contributed by atoms with E-state index >= 15 is 0 Å². The molecule has 2 unspecified atom stereocenters. The third-order valence-corrected chi connectivity index (χ3v) is 4.88. The molecule has 0 bridgehead atoms. The number of hydrogen-bond donors (Lipinski definition) is 1. The van der Waals surface area contributed by atoms with Crippen LogP contribution in [0.25, 0.3) is 0 Å². The summed E-state index contributed by atoms with van der Waals surface area (Å²) >= 11 is 0. The molecule has 1 aliphatic rings. The largest absolute Gasteiger partial charge is 0.494 e. The first-order valence-electron chi connectivity index (χ1n) is 8.91. The third kappa shape index (κ3) is 4.16. The average Bonchev–Trinajstić information content (AvgIpc) is 2.57. The summed E-state index contributed by atoms with van der Waals surface area (Å²) < 4.78 is 5.55. The van der Waals surface area contributed by atoms with Crippen molar-refractivity contribution in [2.75, 3.05) is 19.7 Å². The molecule has 1 aliphatic heterocycles. The molecule has 0 aliphatic carbocycles. The average molecular weight is 324 g/mol. The molecule has 0 amide bonds. The monoisotopic (exact) mass is 324 g/mol. The number of aryl methyl sites for hydroxylation is 1. The highest BCUT2D eigenvalue weighted by Crippen LogP contribution is 2.29. The van der Waals surface area contributed by atoms with Crippen molar-refractivity contribution in [2.45, 2.75) is 38.8 Å². The highest BCUT2D eigenvalue weighted by molar-refractivity contribution is 5.30. The maximum absolute atomic E-state index is 6.36. The minimum Gasteiger partial charge on any atom is -0.494 e. The molecule has 2 aromatic rings. The number of benzene rings is 2. The molecule has 2 N–H and O–H groups in total. The van der Waals surface area contributed by atoms with Gasteiger partial charge in [-0.2, -0.15) is 0 Å². The topological polar surface area (TPSA) is 38.5 Å². The molecule has 3 rings (SSSR count). The maximum atomic E-state index is 6.36. The van der Waals surface area contributed by atoms with Crippen molar-refractivity contribution < 1.29 is 4.74 Å². The summed E-state index contributed by atoms with van der Waals surface area (Å²) in [7, 11) is 0. The predicted molar refractivity (Wildman–Crippen MR) is 99.4 cm³/mol. The number of rotatable bonds is 5. The molecule has 128 valence electrons. The Balaban J connectivity index is 1.70. The second-order valence-corrected chi connectivity index (χ2v) is 6.82. The van der Waals surface area contributed by atoms with Crippen LogP contribution in [0.4, 0.5) is 0 Å². The highest BCUT2D eigenvalue weighted by atomic mass is 16.5. The number of piperidine rings is 1. The molecule has 0 radical (unpaired) electrons. The molecule has 0 saturated carbocycles. The summed E-state index contributed by atoms with van der Waals surface area (Å²) in [6.45, 7) is 7.92. The van der Waals surface area contributed by atoms with Crippen LogP contribution < -0.4 is 10.5 Å². The molecule has 2 atom stereocenters. The van der Waals surface area contributed by atoms with Crippen LogP contribution in [0.2, 0.25) is 0 Å². The number of nitrogens with zero attached hydrogens (tertiary/aromatic N) is 1. The van der Waals surface area contributed by atoms with Gasteiger partial charge in [0.25, 0.3) is 0 Å². The summed E-state index contributed by atoms with van der Waals surface area (Å²) in [6.07, 6.45) is 1.05. The quantitative estimate of drug-likeness (QED) is 0.911. The number of nitrogens with two attached hydrogens (primary N) is 1. The van der Waals surface area contributed by atoms with Crippen molar-refractivity contribution in [3.63, 3.8) is 0 Å². The Morgan fingerprint density at radius 1 is 1.08 bits per heavy atom. The first-order valence-corrected chi connectivity index (χ1v) is 8.91. The fraction of sp³-hybridized carbons (Fsp3) is 0.429. The summed E-state index contributed by atoms with van der Waals surface area (Å²) in [4.78, 5) is 2.50. The van der Waals surface area contributed by atoms with Crippen molar-refractivity contribution >= 4 is 0 Å². The van der Waals surface area contributed by atoms with Gasteiger partial charge in [-0.25, -0.2) is 0 Å². The Bertz CT molecular complexity index is 653. The fourth-order valence-electron chi connectivity index (χ4n) is 3.63. The fourth-order valence-corrected chi connectivity index (χ4v) is 3.63. The smallest absolute Gasteiger partial charge is 0.119 e. The van der Waals surface area contributed by atoms with Crippen LogP contribution >= 0.6 is 0 Å². The van der Waals surface area contributed by atoms with Gasteiger partial charge in [-0.05, 0) is 55.0 Å². The number of likely N-dealkylation sites (tertiary alicyclic amines) is 1. The molecular formula is C21H28N2O. The van der Waals surface area contributed by atoms with Crippen LogP contribution in [0.1, 0.15) is 36.0 Å². The first-order chi connectivity index (χ1) is 11.7. The minimum absolute atomic E-state index is 0.235. The molecule has 3 nitrogen and oxygen atoms in total. The van der Waals surface area contributed by atoms with Crippen LogP contribution in [0, 0.1) is 6.92 Å². The molecule has 1 fully saturated rings. The molecule has 1 heterocycles. The van der Waals surface area contributed by atoms with Gasteiger partial charge in [-0.15, -0.1) is 0 Å². The standard InChI is InChI=1S/C21H28N2O/c1-3-24-21-10-8-17(9-11-21)19-12-20(22)15-23(14-19)13-18-7-5-4-6-16(18)2/h4-11,19-20H,3,12-15,22H2,1-2H3. The number of ether oxygens (including phenoxy) is 1. The number of hydrogen-bond acceptors (Lipinski definition) is 3. The molecule has 24 heavy (non-hydrogen) atoms. The van der Waals surface area contributed by atoms with Gasteiger partial charge in [-0.3, -0.25) is 4.90 Å². The normalized spacial score (nSPS) is 21.6. The molecule has 1 saturated heterocycles. The SMILES string of the molecule is CCOc1ccc(C2CC(N)CN(Cc3ccccc3C)C2)cc1. The van der Waals surface area contributed by atoms with Gasteiger partial charge >= 0.3 is 0 Å². The van der Waals surface area contributed by atoms with E-state index in [1.807, 2.05) is 6.92 Å². The van der Waals surface area contributed by atoms with Crippen molar-refractivity contribution in [1.82, 2.24) is 4.90 Å². The zero-order chi connectivity index (χ0) is 16.9. The second-order valence-electron chi connectivity index (χ2n) is 6.82. The van der Waals surface area contributed by atoms with Crippen molar-refractivity contribution in [3.8, 4) is 5.75 Å². The summed E-state index contributed by atoms with van der Waals surface area (Å²) in [5.74, 6) is 1.44. The third-order valence-electron chi connectivity index (χ3n) is 4.88. The lowest BCUT2D eigenvalue weighted by Crippen LogP contribution is -2.45. The molecule has 3 heteroatoms. The van der Waals surface area contributed by atoms with Crippen LogP contribution in [0.5, 0.6) is 5.75 Å². The van der Waals surface area contributed by atoms with Crippen LogP contribution in [-0.4, -0.2) is 30.6 Å². The van der Waals surface area contributed by atoms with E-state index < -0.39 is 0 Å². The van der Waals surface area contributed by atoms with E-state index in [0.29, 0.717) is 12.5 Å². The predicted octanol–water partition coefficient (Wildman–Crippen LogP) is 3.71. The summed E-state index contributed by atoms with van der Waals surface area (Å²) in [6, 6.07) is 17.4. The van der Waals surface area contributed by atoms with Crippen molar-refractivity contribution in [3.05, 3.63) is 65.2 Å². The van der Waals surface area contributed by atoms with E-state index in [9.17, 15) is 0 Å². The Kier molecular flexibility index (Phi) is 5.54. The molecule has 0 aromatic heterocycles. The van der Waals surface area contributed by atoms with Gasteiger partial charge in [-0.1, -0.05) is 36.4 Å². The van der Waals surface area contributed by atoms with E-state index in [-0.39, 0.29) is 6.04 Å². The lowest BCUT2D eigenvalue weighted by molar-refractivity contribution is 0.181. The highest BCUT2D eigenvalue weighted by Gasteiger charge is 2.26. The van der Waals surface area contributed by atoms with Gasteiger partial charge in [0.15, 0.2) is 0 Å². The van der Waals surface area contributed by atoms with E-state index in [4.69, 9.17) is 10.5 Å². The Morgan fingerprint density at radius 3 is 2.54 bits per heavy atom. The van der Waals surface area contributed by atoms with Gasteiger partial charge in [0, 0.05) is 25.7 Å². The lowest BCUT2D eigenvalue weighted by atomic mass is 9.88. The van der Waals surface area contributed by atoms with E-state index in [2.05, 4.69) is 60.4 Å². The van der Waals surface area contributed by atoms with E-state index in [1.165, 1.54) is 16.7 Å². The van der Waals surface area contributed by atoms with Crippen LogP contribution in [0.15, 0.2) is 48.5 Å². The minimum atomic E-state index is 0.235. The zero-order valence-corrected chi connectivity index (χ0v) is 14.7. The van der Waals surface area contributed by atoms with E-state index in [1.54, 1.807) is 0 Å². The van der Waals surface area contributed by atoms with Gasteiger partial charge in [0.05, 0.1) is 6.61 Å². The Hall–Kier alpha value is -1.84. The van der Waals surface area contributed by atoms with Crippen molar-refractivity contribution in [2.24, 2.45) is 5.73 Å². The zero-order valence-electron chi connectivity index (χ0n) is 14.7.